The van der Waals surface area contributed by atoms with Crippen LogP contribution in [-0.2, 0) is 14.3 Å². The summed E-state index contributed by atoms with van der Waals surface area (Å²) in [5.41, 5.74) is 0.639. The van der Waals surface area contributed by atoms with Gasteiger partial charge in [-0.2, -0.15) is 0 Å². The van der Waals surface area contributed by atoms with Gasteiger partial charge in [0, 0.05) is 15.7 Å². The number of aliphatic hydroxyl groups is 1. The fourth-order valence-electron chi connectivity index (χ4n) is 6.24. The molecule has 8 rings (SSSR count). The lowest BCUT2D eigenvalue weighted by Gasteiger charge is -2.06. The molecular formula is C49H58O4S22. The van der Waals surface area contributed by atoms with Crippen LogP contribution in [-0.4, -0.2) is 57.5 Å². The lowest BCUT2D eigenvalue weighted by atomic mass is 10.2. The highest BCUT2D eigenvalue weighted by atomic mass is 32.3. The molecule has 410 valence electrons. The summed E-state index contributed by atoms with van der Waals surface area (Å²) in [6, 6.07) is 0. The van der Waals surface area contributed by atoms with Crippen molar-refractivity contribution in [3.63, 3.8) is 0 Å². The molecule has 8 aliphatic heterocycles. The van der Waals surface area contributed by atoms with Crippen molar-refractivity contribution < 1.29 is 19.4 Å². The molecule has 0 radical (unpaired) electrons. The highest BCUT2D eigenvalue weighted by Crippen LogP contribution is 2.72. The molecule has 8 heterocycles. The third-order valence-corrected chi connectivity index (χ3v) is 40.6. The zero-order valence-electron chi connectivity index (χ0n) is 42.1. The van der Waals surface area contributed by atoms with Crippen molar-refractivity contribution in [2.24, 2.45) is 0 Å². The van der Waals surface area contributed by atoms with Crippen LogP contribution in [0.4, 0.5) is 0 Å². The first kappa shape index (κ1) is 66.1. The summed E-state index contributed by atoms with van der Waals surface area (Å²) in [5, 5.41) is 9.08. The number of carbonyl (C=O) groups excluding carboxylic acids is 2. The molecule has 4 nitrogen and oxygen atoms in total. The third-order valence-electron chi connectivity index (χ3n) is 9.88. The van der Waals surface area contributed by atoms with Gasteiger partial charge in [0.2, 0.25) is 0 Å². The minimum absolute atomic E-state index is 0.0976. The van der Waals surface area contributed by atoms with Crippen molar-refractivity contribution in [1.29, 1.82) is 0 Å². The maximum absolute atomic E-state index is 12.1. The summed E-state index contributed by atoms with van der Waals surface area (Å²) in [6.07, 6.45) is 21.4. The molecule has 0 aromatic heterocycles. The number of unbranched alkanes of at least 4 members (excludes halogenated alkanes) is 6. The average Bonchev–Trinajstić information content (AvgIpc) is 4.28. The molecule has 0 aromatic carbocycles. The van der Waals surface area contributed by atoms with E-state index in [0.717, 1.165) is 23.0 Å². The Hall–Kier alpha value is 3.55. The first-order valence-corrected chi connectivity index (χ1v) is 43.5. The standard InChI is InChI=1S/C46H52O2S21.C3H6O2S/c1-7-11-13-15-22-49-35-38(53-25-52-34-27(6)54-30(57-34)17-18-32-60-40-41(61-32)67-44(66-40)39-55-26(5)28(9-3)56-39)59-31(58-35)19-20-33-62-42-43(63-33)69-46(68-42)45-64-36(50-23-16-14-12-8-2)37(65-45)51-24-21-29(47)48-10-4;1-6(2-4)3-5/h17-20H,7-16,21-25H2,1-6H3;2,5H,1,3H2. The van der Waals surface area contributed by atoms with E-state index in [0.29, 0.717) is 18.6 Å². The van der Waals surface area contributed by atoms with E-state index in [1.165, 1.54) is 144 Å². The van der Waals surface area contributed by atoms with Crippen molar-refractivity contribution in [3.8, 4) is 0 Å². The van der Waals surface area contributed by atoms with E-state index in [1.54, 1.807) is 0 Å². The van der Waals surface area contributed by atoms with Gasteiger partial charge in [0.15, 0.2) is 5.62 Å². The maximum Gasteiger partial charge on any atom is 0.306 e. The zero-order valence-corrected chi connectivity index (χ0v) is 60.0. The molecule has 0 bridgehead atoms. The third kappa shape index (κ3) is 21.2. The summed E-state index contributed by atoms with van der Waals surface area (Å²) < 4.78 is 29.5. The number of hydrogen-bond donors (Lipinski definition) is 1. The molecule has 1 atom stereocenters. The van der Waals surface area contributed by atoms with E-state index in [2.05, 4.69) is 76.6 Å². The van der Waals surface area contributed by atoms with Crippen molar-refractivity contribution >= 4 is 275 Å². The Balaban J connectivity index is 0.00000129. The normalized spacial score (nSPS) is 21.2. The Morgan fingerprint density at radius 1 is 0.507 bits per heavy atom. The Morgan fingerprint density at radius 3 is 1.40 bits per heavy atom. The van der Waals surface area contributed by atoms with Crippen LogP contribution in [0.1, 0.15) is 106 Å². The number of thioether (sulfide) groups is 21. The first-order valence-electron chi connectivity index (χ1n) is 23.9. The van der Waals surface area contributed by atoms with Crippen LogP contribution in [0.3, 0.4) is 0 Å². The molecule has 0 amide bonds. The molecular weight excluding hydrogens is 1360 g/mol. The van der Waals surface area contributed by atoms with E-state index in [9.17, 15) is 9.59 Å². The molecule has 26 heteroatoms. The second-order valence-electron chi connectivity index (χ2n) is 15.6. The van der Waals surface area contributed by atoms with Gasteiger partial charge in [-0.1, -0.05) is 253 Å². The number of esters is 1. The predicted molar refractivity (Wildman–Crippen MR) is 387 cm³/mol. The van der Waals surface area contributed by atoms with Crippen molar-refractivity contribution in [2.75, 3.05) is 34.9 Å². The van der Waals surface area contributed by atoms with Crippen LogP contribution < -0.4 is 0 Å². The summed E-state index contributed by atoms with van der Waals surface area (Å²) >= 11 is 41.3. The van der Waals surface area contributed by atoms with Gasteiger partial charge in [-0.25, -0.2) is 0 Å². The molecule has 1 N–H and O–H groups in total. The van der Waals surface area contributed by atoms with Gasteiger partial charge >= 0.3 is 5.97 Å². The number of hydrogen-bond acceptors (Lipinski definition) is 25. The Bertz CT molecular complexity index is 2520. The predicted octanol–water partition coefficient (Wildman–Crippen LogP) is 24.3. The number of ether oxygens (including phenoxy) is 1. The van der Waals surface area contributed by atoms with E-state index in [-0.39, 0.29) is 11.9 Å². The quantitative estimate of drug-likeness (QED) is 0.0294. The fourth-order valence-corrected chi connectivity index (χ4v) is 38.0. The smallest absolute Gasteiger partial charge is 0.306 e. The average molecular weight is 1420 g/mol. The first-order chi connectivity index (χ1) is 36.5. The summed E-state index contributed by atoms with van der Waals surface area (Å²) in [5.74, 6) is 6.19. The Labute approximate surface area is 538 Å². The van der Waals surface area contributed by atoms with Crippen molar-refractivity contribution in [1.82, 2.24) is 0 Å². The molecule has 75 heavy (non-hydrogen) atoms. The summed E-state index contributed by atoms with van der Waals surface area (Å²) in [6.45, 7) is 13.7. The van der Waals surface area contributed by atoms with Gasteiger partial charge in [0.05, 0.1) is 91.0 Å². The number of carbonyl (C=O) groups is 2. The number of allylic oxidation sites excluding steroid dienone is 7. The summed E-state index contributed by atoms with van der Waals surface area (Å²) in [4.78, 5) is 26.0. The van der Waals surface area contributed by atoms with Crippen molar-refractivity contribution in [2.45, 2.75) is 106 Å². The van der Waals surface area contributed by atoms with Crippen LogP contribution >= 0.6 is 257 Å². The highest BCUT2D eigenvalue weighted by molar-refractivity contribution is 8.50. The molecule has 0 aliphatic carbocycles. The van der Waals surface area contributed by atoms with Crippen molar-refractivity contribution in [3.05, 3.63) is 111 Å². The lowest BCUT2D eigenvalue weighted by Crippen LogP contribution is -2.04. The van der Waals surface area contributed by atoms with Gasteiger partial charge in [0.1, 0.15) is 0 Å². The molecule has 0 aromatic rings. The van der Waals surface area contributed by atoms with Crippen LogP contribution in [0.5, 0.6) is 0 Å². The van der Waals surface area contributed by atoms with E-state index in [1.807, 2.05) is 242 Å². The number of aliphatic hydroxyl groups excluding tert-OH is 1. The van der Waals surface area contributed by atoms with Gasteiger partial charge in [0.25, 0.3) is 0 Å². The maximum atomic E-state index is 12.1. The molecule has 1 unspecified atom stereocenters. The van der Waals surface area contributed by atoms with Gasteiger partial charge in [-0.05, 0) is 85.7 Å². The second kappa shape index (κ2) is 35.9. The van der Waals surface area contributed by atoms with Crippen LogP contribution in [0.15, 0.2) is 111 Å². The molecule has 0 fully saturated rings. The second-order valence-corrected chi connectivity index (χ2v) is 44.2. The topological polar surface area (TPSA) is 63.6 Å². The number of rotatable bonds is 26. The molecule has 0 saturated heterocycles. The Kier molecular flexibility index (Phi) is 31.6. The van der Waals surface area contributed by atoms with Gasteiger partial charge in [-0.3, -0.25) is 9.59 Å². The van der Waals surface area contributed by atoms with Crippen LogP contribution in [0.2, 0.25) is 0 Å². The van der Waals surface area contributed by atoms with Gasteiger partial charge in [-0.15, -0.1) is 69.3 Å². The minimum Gasteiger partial charge on any atom is -0.466 e. The van der Waals surface area contributed by atoms with Crippen LogP contribution in [0.25, 0.3) is 0 Å². The summed E-state index contributed by atoms with van der Waals surface area (Å²) in [7, 11) is -0.659. The highest BCUT2D eigenvalue weighted by Gasteiger charge is 2.36. The van der Waals surface area contributed by atoms with E-state index < -0.39 is 10.5 Å². The molecule has 8 aliphatic rings. The monoisotopic (exact) mass is 1410 g/mol. The SMILES string of the molecule is C=S(C=O)CO.CCCCCCSC1=C(SCSC2=C(C)SC(=CC=C3SC4=C(S3)SC(=C3SC(C)=C(CC)S3)S4)S2)SC(=CC=C2SC3=C(S2)SC(=C2SC(SCCCCCC)=C(SCCC(=O)OCC)S2)S3)S1. The zero-order chi connectivity index (χ0) is 53.1. The largest absolute Gasteiger partial charge is 0.466 e. The van der Waals surface area contributed by atoms with E-state index >= 15 is 0 Å². The molecule has 0 spiro atoms. The fraction of sp³-hybridized carbons (Fsp3) is 0.449. The lowest BCUT2D eigenvalue weighted by molar-refractivity contribution is -0.142. The Morgan fingerprint density at radius 2 is 0.933 bits per heavy atom. The molecule has 0 saturated carbocycles. The minimum atomic E-state index is -0.659. The van der Waals surface area contributed by atoms with Crippen LogP contribution in [0, 0.1) is 0 Å². The van der Waals surface area contributed by atoms with E-state index in [4.69, 9.17) is 9.84 Å². The van der Waals surface area contributed by atoms with Gasteiger partial charge < -0.3 is 9.84 Å².